The number of urea groups is 1. The van der Waals surface area contributed by atoms with Crippen LogP contribution >= 0.6 is 0 Å². The van der Waals surface area contributed by atoms with E-state index in [0.29, 0.717) is 24.5 Å². The molecule has 0 aliphatic carbocycles. The maximum absolute atomic E-state index is 13.2. The summed E-state index contributed by atoms with van der Waals surface area (Å²) in [6, 6.07) is 5.02. The van der Waals surface area contributed by atoms with E-state index >= 15 is 0 Å². The molecule has 2 N–H and O–H groups in total. The number of piperazine rings is 1. The molecule has 9 nitrogen and oxygen atoms in total. The third-order valence-electron chi connectivity index (χ3n) is 6.68. The zero-order valence-corrected chi connectivity index (χ0v) is 17.8. The molecular formula is C22H26N8O. The number of rotatable bonds is 2. The van der Waals surface area contributed by atoms with Gasteiger partial charge in [-0.05, 0) is 50.8 Å². The van der Waals surface area contributed by atoms with Crippen molar-refractivity contribution < 1.29 is 4.79 Å². The number of amides is 2. The Labute approximate surface area is 180 Å². The highest BCUT2D eigenvalue weighted by Crippen LogP contribution is 2.36. The molecule has 9 heteroatoms. The molecule has 160 valence electrons. The predicted octanol–water partition coefficient (Wildman–Crippen LogP) is 2.28. The number of nitrogens with zero attached hydrogens (tertiary/aromatic N) is 6. The van der Waals surface area contributed by atoms with Gasteiger partial charge in [0, 0.05) is 49.2 Å². The average molecular weight is 419 g/mol. The number of carbonyl (C=O) groups is 1. The van der Waals surface area contributed by atoms with Crippen molar-refractivity contribution >= 4 is 28.9 Å². The lowest BCUT2D eigenvalue weighted by atomic mass is 10.1. The Morgan fingerprint density at radius 1 is 1.23 bits per heavy atom. The molecule has 2 atom stereocenters. The van der Waals surface area contributed by atoms with Crippen LogP contribution in [0, 0.1) is 13.8 Å². The molecule has 0 radical (unpaired) electrons. The topological polar surface area (TPSA) is 90.7 Å². The highest BCUT2D eigenvalue weighted by atomic mass is 16.2. The van der Waals surface area contributed by atoms with E-state index in [9.17, 15) is 4.79 Å². The number of anilines is 3. The molecule has 3 aromatic heterocycles. The summed E-state index contributed by atoms with van der Waals surface area (Å²) in [7, 11) is 0. The fourth-order valence-corrected chi connectivity index (χ4v) is 5.21. The molecular weight excluding hydrogens is 392 g/mol. The number of hydrogen-bond donors (Lipinski definition) is 2. The number of fused-ring (bicyclic) bond motifs is 4. The highest BCUT2D eigenvalue weighted by molar-refractivity contribution is 6.03. The van der Waals surface area contributed by atoms with E-state index in [2.05, 4.69) is 36.7 Å². The summed E-state index contributed by atoms with van der Waals surface area (Å²) in [5.74, 6) is 1.48. The molecule has 3 aliphatic rings. The summed E-state index contributed by atoms with van der Waals surface area (Å²) >= 11 is 0. The molecule has 2 fully saturated rings. The largest absolute Gasteiger partial charge is 0.368 e. The van der Waals surface area contributed by atoms with Gasteiger partial charge in [0.15, 0.2) is 5.65 Å². The van der Waals surface area contributed by atoms with E-state index in [0.717, 1.165) is 42.2 Å². The van der Waals surface area contributed by atoms with Gasteiger partial charge in [-0.2, -0.15) is 5.10 Å². The Bertz CT molecular complexity index is 1180. The minimum Gasteiger partial charge on any atom is -0.368 e. The molecule has 2 unspecified atom stereocenters. The van der Waals surface area contributed by atoms with E-state index in [1.807, 2.05) is 32.3 Å². The summed E-state index contributed by atoms with van der Waals surface area (Å²) in [6.45, 7) is 6.50. The Hall–Kier alpha value is -3.20. The van der Waals surface area contributed by atoms with Gasteiger partial charge < -0.3 is 15.5 Å². The molecule has 0 spiro atoms. The van der Waals surface area contributed by atoms with Gasteiger partial charge in [-0.3, -0.25) is 4.90 Å². The molecule has 6 heterocycles. The van der Waals surface area contributed by atoms with Gasteiger partial charge in [0.25, 0.3) is 0 Å². The number of nitrogens with one attached hydrogen (secondary N) is 2. The van der Waals surface area contributed by atoms with Crippen molar-refractivity contribution in [2.24, 2.45) is 0 Å². The van der Waals surface area contributed by atoms with Crippen molar-refractivity contribution in [1.82, 2.24) is 24.9 Å². The van der Waals surface area contributed by atoms with Crippen molar-refractivity contribution in [2.45, 2.75) is 45.2 Å². The SMILES string of the molecule is Cc1nc2cc(C)c(NC(=O)N3CCc4c(N5CC6CCC(C5)N6)ccnc43)cn2n1. The second-order valence-corrected chi connectivity index (χ2v) is 8.84. The first-order valence-corrected chi connectivity index (χ1v) is 11.0. The standard InChI is InChI=1S/C22H26N8O/c1-13-9-20-24-14(2)27-30(20)12-18(13)26-22(31)29-8-6-17-19(5-7-23-21(17)29)28-10-15-3-4-16(11-28)25-15/h5,7,9,12,15-16,25H,3-4,6,8,10-11H2,1-2H3,(H,26,31). The van der Waals surface area contributed by atoms with Gasteiger partial charge >= 0.3 is 6.03 Å². The minimum absolute atomic E-state index is 0.164. The number of pyridine rings is 2. The Kier molecular flexibility index (Phi) is 4.14. The van der Waals surface area contributed by atoms with Gasteiger partial charge in [0.05, 0.1) is 11.9 Å². The number of hydrogen-bond acceptors (Lipinski definition) is 6. The Morgan fingerprint density at radius 2 is 2.03 bits per heavy atom. The first-order valence-electron chi connectivity index (χ1n) is 11.0. The van der Waals surface area contributed by atoms with Crippen molar-refractivity contribution in [3.05, 3.63) is 41.5 Å². The normalized spacial score (nSPS) is 22.3. The molecule has 2 saturated heterocycles. The lowest BCUT2D eigenvalue weighted by Crippen LogP contribution is -2.51. The first kappa shape index (κ1) is 18.6. The molecule has 6 rings (SSSR count). The van der Waals surface area contributed by atoms with Crippen LogP contribution in [0.5, 0.6) is 0 Å². The van der Waals surface area contributed by atoms with Crippen LogP contribution in [0.4, 0.5) is 22.0 Å². The maximum atomic E-state index is 13.2. The smallest absolute Gasteiger partial charge is 0.327 e. The molecule has 3 aromatic rings. The van der Waals surface area contributed by atoms with E-state index in [-0.39, 0.29) is 6.03 Å². The van der Waals surface area contributed by atoms with E-state index in [1.54, 1.807) is 9.42 Å². The summed E-state index contributed by atoms with van der Waals surface area (Å²) in [4.78, 5) is 26.4. The third kappa shape index (κ3) is 3.11. The van der Waals surface area contributed by atoms with Gasteiger partial charge in [-0.15, -0.1) is 0 Å². The molecule has 0 aromatic carbocycles. The lowest BCUT2D eigenvalue weighted by molar-refractivity contribution is 0.257. The van der Waals surface area contributed by atoms with Gasteiger partial charge in [-0.25, -0.2) is 19.3 Å². The van der Waals surface area contributed by atoms with Crippen LogP contribution in [0.1, 0.15) is 29.8 Å². The van der Waals surface area contributed by atoms with Crippen LogP contribution in [0.2, 0.25) is 0 Å². The monoisotopic (exact) mass is 418 g/mol. The van der Waals surface area contributed by atoms with Crippen molar-refractivity contribution in [3.63, 3.8) is 0 Å². The first-order chi connectivity index (χ1) is 15.0. The Morgan fingerprint density at radius 3 is 2.84 bits per heavy atom. The number of carbonyl (C=O) groups excluding carboxylic acids is 1. The summed E-state index contributed by atoms with van der Waals surface area (Å²) in [5.41, 5.74) is 4.86. The average Bonchev–Trinajstić information content (AvgIpc) is 3.43. The molecule has 2 bridgehead atoms. The summed E-state index contributed by atoms with van der Waals surface area (Å²) in [6.07, 6.45) is 6.97. The minimum atomic E-state index is -0.164. The van der Waals surface area contributed by atoms with E-state index in [4.69, 9.17) is 0 Å². The number of aryl methyl sites for hydroxylation is 2. The van der Waals surface area contributed by atoms with Crippen molar-refractivity contribution in [3.8, 4) is 0 Å². The van der Waals surface area contributed by atoms with Gasteiger partial charge in [-0.1, -0.05) is 0 Å². The zero-order valence-electron chi connectivity index (χ0n) is 17.8. The van der Waals surface area contributed by atoms with Crippen molar-refractivity contribution in [2.75, 3.05) is 34.8 Å². The van der Waals surface area contributed by atoms with Crippen LogP contribution < -0.4 is 20.4 Å². The molecule has 31 heavy (non-hydrogen) atoms. The maximum Gasteiger partial charge on any atom is 0.327 e. The summed E-state index contributed by atoms with van der Waals surface area (Å²) in [5, 5.41) is 11.1. The van der Waals surface area contributed by atoms with Crippen LogP contribution in [-0.4, -0.2) is 57.3 Å². The van der Waals surface area contributed by atoms with Gasteiger partial charge in [0.2, 0.25) is 0 Å². The molecule has 2 amide bonds. The quantitative estimate of drug-likeness (QED) is 0.664. The molecule has 3 aliphatic heterocycles. The fraction of sp³-hybridized carbons (Fsp3) is 0.455. The van der Waals surface area contributed by atoms with Gasteiger partial charge in [0.1, 0.15) is 11.6 Å². The second kappa shape index (κ2) is 6.91. The van der Waals surface area contributed by atoms with Crippen LogP contribution in [0.25, 0.3) is 5.65 Å². The number of aromatic nitrogens is 4. The van der Waals surface area contributed by atoms with E-state index in [1.165, 1.54) is 24.1 Å². The lowest BCUT2D eigenvalue weighted by Gasteiger charge is -2.35. The highest BCUT2D eigenvalue weighted by Gasteiger charge is 2.35. The Balaban J connectivity index is 1.26. The zero-order chi connectivity index (χ0) is 21.1. The van der Waals surface area contributed by atoms with Crippen molar-refractivity contribution in [1.29, 1.82) is 0 Å². The molecule has 0 saturated carbocycles. The fourth-order valence-electron chi connectivity index (χ4n) is 5.21. The van der Waals surface area contributed by atoms with Crippen LogP contribution in [-0.2, 0) is 6.42 Å². The predicted molar refractivity (Wildman–Crippen MR) is 119 cm³/mol. The summed E-state index contributed by atoms with van der Waals surface area (Å²) < 4.78 is 1.70. The third-order valence-corrected chi connectivity index (χ3v) is 6.68. The second-order valence-electron chi connectivity index (χ2n) is 8.84. The van der Waals surface area contributed by atoms with Crippen LogP contribution in [0.3, 0.4) is 0 Å². The van der Waals surface area contributed by atoms with E-state index < -0.39 is 0 Å². The van der Waals surface area contributed by atoms with Crippen LogP contribution in [0.15, 0.2) is 24.5 Å².